The molecule has 0 saturated carbocycles. The van der Waals surface area contributed by atoms with E-state index in [0.717, 1.165) is 24.2 Å². The van der Waals surface area contributed by atoms with Crippen molar-refractivity contribution in [1.29, 1.82) is 0 Å². The molecular weight excluding hydrogens is 298 g/mol. The lowest BCUT2D eigenvalue weighted by Crippen LogP contribution is -2.32. The highest BCUT2D eigenvalue weighted by Gasteiger charge is 2.15. The number of amides is 1. The van der Waals surface area contributed by atoms with Crippen molar-refractivity contribution in [3.63, 3.8) is 0 Å². The largest absolute Gasteiger partial charge is 0.465 e. The normalized spacial score (nSPS) is 11.7. The lowest BCUT2D eigenvalue weighted by molar-refractivity contribution is 0.0606. The van der Waals surface area contributed by atoms with Crippen molar-refractivity contribution < 1.29 is 14.3 Å². The molecule has 1 aromatic carbocycles. The van der Waals surface area contributed by atoms with Gasteiger partial charge in [0, 0.05) is 6.04 Å². The van der Waals surface area contributed by atoms with Crippen LogP contribution in [0.15, 0.2) is 42.5 Å². The van der Waals surface area contributed by atoms with Gasteiger partial charge in [-0.2, -0.15) is 0 Å². The van der Waals surface area contributed by atoms with E-state index in [4.69, 9.17) is 0 Å². The van der Waals surface area contributed by atoms with Crippen LogP contribution in [0.3, 0.4) is 0 Å². The smallest absolute Gasteiger partial charge is 0.348 e. The number of carbonyl (C=O) groups excluding carboxylic acids is 2. The third-order valence-corrected chi connectivity index (χ3v) is 4.37. The molecule has 0 aliphatic rings. The van der Waals surface area contributed by atoms with Crippen molar-refractivity contribution in [2.75, 3.05) is 7.11 Å². The van der Waals surface area contributed by atoms with Crippen LogP contribution in [-0.2, 0) is 11.2 Å². The Kier molecular flexibility index (Phi) is 5.72. The summed E-state index contributed by atoms with van der Waals surface area (Å²) in [5.74, 6) is -0.568. The third kappa shape index (κ3) is 4.43. The van der Waals surface area contributed by atoms with E-state index in [9.17, 15) is 9.59 Å². The molecule has 0 spiro atoms. The van der Waals surface area contributed by atoms with Gasteiger partial charge in [0.05, 0.1) is 12.0 Å². The third-order valence-electron chi connectivity index (χ3n) is 3.30. The predicted octanol–water partition coefficient (Wildman–Crippen LogP) is 3.29. The summed E-state index contributed by atoms with van der Waals surface area (Å²) >= 11 is 1.14. The monoisotopic (exact) mass is 317 g/mol. The topological polar surface area (TPSA) is 55.4 Å². The number of rotatable bonds is 6. The molecule has 1 atom stereocenters. The minimum Gasteiger partial charge on any atom is -0.465 e. The number of methoxy groups -OCH3 is 1. The molecule has 22 heavy (non-hydrogen) atoms. The van der Waals surface area contributed by atoms with Crippen molar-refractivity contribution in [3.8, 4) is 0 Å². The van der Waals surface area contributed by atoms with Gasteiger partial charge < -0.3 is 10.1 Å². The second-order valence-electron chi connectivity index (χ2n) is 5.05. The maximum absolute atomic E-state index is 12.1. The number of aryl methyl sites for hydroxylation is 1. The summed E-state index contributed by atoms with van der Waals surface area (Å²) < 4.78 is 4.64. The van der Waals surface area contributed by atoms with Crippen molar-refractivity contribution >= 4 is 23.2 Å². The van der Waals surface area contributed by atoms with E-state index in [-0.39, 0.29) is 11.9 Å². The zero-order valence-electron chi connectivity index (χ0n) is 12.7. The van der Waals surface area contributed by atoms with E-state index < -0.39 is 5.97 Å². The molecule has 0 aliphatic heterocycles. The molecule has 1 heterocycles. The Hall–Kier alpha value is -2.14. The molecule has 0 radical (unpaired) electrons. The van der Waals surface area contributed by atoms with Gasteiger partial charge >= 0.3 is 5.97 Å². The molecule has 1 N–H and O–H groups in total. The van der Waals surface area contributed by atoms with Crippen LogP contribution in [0.1, 0.15) is 38.3 Å². The summed E-state index contributed by atoms with van der Waals surface area (Å²) in [4.78, 5) is 24.5. The number of hydrogen-bond donors (Lipinski definition) is 1. The van der Waals surface area contributed by atoms with Crippen LogP contribution in [0.4, 0.5) is 0 Å². The summed E-state index contributed by atoms with van der Waals surface area (Å²) in [7, 11) is 1.33. The Morgan fingerprint density at radius 1 is 1.14 bits per heavy atom. The standard InChI is InChI=1S/C17H19NO3S/c1-12(8-9-13-6-4-3-5-7-13)18-16(19)14-10-11-15(22-14)17(20)21-2/h3-7,10-12H,8-9H2,1-2H3,(H,18,19). The van der Waals surface area contributed by atoms with Crippen LogP contribution in [0, 0.1) is 0 Å². The highest BCUT2D eigenvalue weighted by atomic mass is 32.1. The molecular formula is C17H19NO3S. The summed E-state index contributed by atoms with van der Waals surface area (Å²) in [5, 5.41) is 2.96. The molecule has 1 aromatic heterocycles. The van der Waals surface area contributed by atoms with Crippen LogP contribution >= 0.6 is 11.3 Å². The fourth-order valence-electron chi connectivity index (χ4n) is 2.07. The van der Waals surface area contributed by atoms with E-state index >= 15 is 0 Å². The van der Waals surface area contributed by atoms with Crippen LogP contribution in [0.25, 0.3) is 0 Å². The maximum atomic E-state index is 12.1. The molecule has 5 heteroatoms. The van der Waals surface area contributed by atoms with Gasteiger partial charge in [0.1, 0.15) is 4.88 Å². The first kappa shape index (κ1) is 16.2. The van der Waals surface area contributed by atoms with E-state index in [1.807, 2.05) is 25.1 Å². The SMILES string of the molecule is COC(=O)c1ccc(C(=O)NC(C)CCc2ccccc2)s1. The lowest BCUT2D eigenvalue weighted by Gasteiger charge is -2.13. The first-order valence-electron chi connectivity index (χ1n) is 7.13. The van der Waals surface area contributed by atoms with Crippen molar-refractivity contribution in [2.24, 2.45) is 0 Å². The molecule has 0 saturated heterocycles. The average Bonchev–Trinajstić information content (AvgIpc) is 3.03. The van der Waals surface area contributed by atoms with Crippen LogP contribution in [0.5, 0.6) is 0 Å². The van der Waals surface area contributed by atoms with E-state index in [0.29, 0.717) is 9.75 Å². The molecule has 0 bridgehead atoms. The molecule has 2 rings (SSSR count). The van der Waals surface area contributed by atoms with E-state index in [1.54, 1.807) is 12.1 Å². The number of esters is 1. The second-order valence-corrected chi connectivity index (χ2v) is 6.14. The van der Waals surface area contributed by atoms with E-state index in [1.165, 1.54) is 12.7 Å². The highest BCUT2D eigenvalue weighted by molar-refractivity contribution is 7.15. The molecule has 116 valence electrons. The van der Waals surface area contributed by atoms with Crippen molar-refractivity contribution in [2.45, 2.75) is 25.8 Å². The Balaban J connectivity index is 1.85. The summed E-state index contributed by atoms with van der Waals surface area (Å²) in [6, 6.07) is 13.5. The maximum Gasteiger partial charge on any atom is 0.348 e. The van der Waals surface area contributed by atoms with Gasteiger partial charge in [-0.05, 0) is 37.5 Å². The average molecular weight is 317 g/mol. The van der Waals surface area contributed by atoms with Gasteiger partial charge in [0.15, 0.2) is 0 Å². The summed E-state index contributed by atoms with van der Waals surface area (Å²) in [6.07, 6.45) is 1.78. The molecule has 1 unspecified atom stereocenters. The highest BCUT2D eigenvalue weighted by Crippen LogP contribution is 2.17. The van der Waals surface area contributed by atoms with Gasteiger partial charge in [-0.15, -0.1) is 11.3 Å². The Morgan fingerprint density at radius 2 is 1.82 bits per heavy atom. The molecule has 2 aromatic rings. The zero-order valence-corrected chi connectivity index (χ0v) is 13.5. The van der Waals surface area contributed by atoms with Crippen molar-refractivity contribution in [3.05, 3.63) is 57.8 Å². The first-order chi connectivity index (χ1) is 10.6. The minimum absolute atomic E-state index is 0.0661. The summed E-state index contributed by atoms with van der Waals surface area (Å²) in [6.45, 7) is 1.98. The lowest BCUT2D eigenvalue weighted by atomic mass is 10.1. The molecule has 0 fully saturated rings. The number of ether oxygens (including phenoxy) is 1. The number of benzene rings is 1. The number of thiophene rings is 1. The van der Waals surface area contributed by atoms with Gasteiger partial charge in [0.2, 0.25) is 0 Å². The van der Waals surface area contributed by atoms with Gasteiger partial charge in [-0.25, -0.2) is 4.79 Å². The van der Waals surface area contributed by atoms with Gasteiger partial charge in [0.25, 0.3) is 5.91 Å². The zero-order chi connectivity index (χ0) is 15.9. The number of hydrogen-bond acceptors (Lipinski definition) is 4. The van der Waals surface area contributed by atoms with Gasteiger partial charge in [-0.3, -0.25) is 4.79 Å². The Bertz CT molecular complexity index is 636. The van der Waals surface area contributed by atoms with Crippen molar-refractivity contribution in [1.82, 2.24) is 5.32 Å². The first-order valence-corrected chi connectivity index (χ1v) is 7.94. The quantitative estimate of drug-likeness (QED) is 0.832. The summed E-state index contributed by atoms with van der Waals surface area (Å²) in [5.41, 5.74) is 1.26. The molecule has 1 amide bonds. The fraction of sp³-hybridized carbons (Fsp3) is 0.294. The minimum atomic E-state index is -0.416. The molecule has 4 nitrogen and oxygen atoms in total. The Labute approximate surface area is 134 Å². The molecule has 0 aliphatic carbocycles. The van der Waals surface area contributed by atoms with Crippen LogP contribution in [0.2, 0.25) is 0 Å². The Morgan fingerprint density at radius 3 is 2.50 bits per heavy atom. The van der Waals surface area contributed by atoms with Crippen LogP contribution in [-0.4, -0.2) is 25.0 Å². The number of carbonyl (C=O) groups is 2. The number of nitrogens with one attached hydrogen (secondary N) is 1. The van der Waals surface area contributed by atoms with Gasteiger partial charge in [-0.1, -0.05) is 30.3 Å². The predicted molar refractivity (Wildman–Crippen MR) is 87.3 cm³/mol. The van der Waals surface area contributed by atoms with Crippen LogP contribution < -0.4 is 5.32 Å². The van der Waals surface area contributed by atoms with E-state index in [2.05, 4.69) is 22.2 Å². The fourth-order valence-corrected chi connectivity index (χ4v) is 2.89. The second kappa shape index (κ2) is 7.75.